The zero-order valence-electron chi connectivity index (χ0n) is 14.0. The maximum atomic E-state index is 12.0. The molecule has 0 fully saturated rings. The number of rotatable bonds is 5. The maximum Gasteiger partial charge on any atom is 0.310 e. The van der Waals surface area contributed by atoms with Gasteiger partial charge in [-0.25, -0.2) is 0 Å². The SMILES string of the molecule is Cc1ccc(CC(=O)OCC(=O)Nc2c(C)cc(C)cc2Cl)cc1. The van der Waals surface area contributed by atoms with Gasteiger partial charge in [0.05, 0.1) is 17.1 Å². The molecule has 0 aliphatic rings. The Bertz CT molecular complexity index is 731. The van der Waals surface area contributed by atoms with Crippen molar-refractivity contribution in [2.75, 3.05) is 11.9 Å². The van der Waals surface area contributed by atoms with E-state index in [2.05, 4.69) is 5.32 Å². The lowest BCUT2D eigenvalue weighted by Gasteiger charge is -2.12. The van der Waals surface area contributed by atoms with Crippen LogP contribution in [0.4, 0.5) is 5.69 Å². The van der Waals surface area contributed by atoms with Crippen molar-refractivity contribution in [1.29, 1.82) is 0 Å². The van der Waals surface area contributed by atoms with Crippen LogP contribution in [0.15, 0.2) is 36.4 Å². The Morgan fingerprint density at radius 2 is 1.71 bits per heavy atom. The van der Waals surface area contributed by atoms with Crippen LogP contribution in [-0.4, -0.2) is 18.5 Å². The van der Waals surface area contributed by atoms with Gasteiger partial charge in [-0.1, -0.05) is 47.5 Å². The van der Waals surface area contributed by atoms with Crippen molar-refractivity contribution in [1.82, 2.24) is 0 Å². The third-order valence-corrected chi connectivity index (χ3v) is 3.83. The first-order chi connectivity index (χ1) is 11.3. The molecule has 0 saturated heterocycles. The van der Waals surface area contributed by atoms with E-state index in [4.69, 9.17) is 16.3 Å². The Hall–Kier alpha value is -2.33. The monoisotopic (exact) mass is 345 g/mol. The number of amides is 1. The molecule has 2 rings (SSSR count). The molecule has 0 radical (unpaired) electrons. The number of benzene rings is 2. The maximum absolute atomic E-state index is 12.0. The van der Waals surface area contributed by atoms with Gasteiger partial charge in [-0.15, -0.1) is 0 Å². The van der Waals surface area contributed by atoms with Gasteiger partial charge in [0.25, 0.3) is 5.91 Å². The molecule has 0 unspecified atom stereocenters. The normalized spacial score (nSPS) is 10.3. The van der Waals surface area contributed by atoms with E-state index in [1.807, 2.05) is 51.1 Å². The molecular formula is C19H20ClNO3. The highest BCUT2D eigenvalue weighted by Crippen LogP contribution is 2.27. The molecule has 4 nitrogen and oxygen atoms in total. The highest BCUT2D eigenvalue weighted by Gasteiger charge is 2.12. The Morgan fingerprint density at radius 3 is 2.33 bits per heavy atom. The van der Waals surface area contributed by atoms with Crippen LogP contribution in [0.1, 0.15) is 22.3 Å². The number of anilines is 1. The predicted molar refractivity (Wildman–Crippen MR) is 95.4 cm³/mol. The first-order valence-electron chi connectivity index (χ1n) is 7.63. The van der Waals surface area contributed by atoms with Gasteiger partial charge in [0.1, 0.15) is 0 Å². The summed E-state index contributed by atoms with van der Waals surface area (Å²) in [5.74, 6) is -0.859. The molecule has 0 aromatic heterocycles. The fourth-order valence-corrected chi connectivity index (χ4v) is 2.69. The van der Waals surface area contributed by atoms with Crippen molar-refractivity contribution in [3.05, 3.63) is 63.7 Å². The molecule has 0 saturated carbocycles. The Labute approximate surface area is 146 Å². The van der Waals surface area contributed by atoms with Crippen LogP contribution in [-0.2, 0) is 20.7 Å². The van der Waals surface area contributed by atoms with Crippen LogP contribution in [0, 0.1) is 20.8 Å². The van der Waals surface area contributed by atoms with Gasteiger partial charge in [0.15, 0.2) is 6.61 Å². The summed E-state index contributed by atoms with van der Waals surface area (Å²) < 4.78 is 5.02. The van der Waals surface area contributed by atoms with Crippen molar-refractivity contribution < 1.29 is 14.3 Å². The average molecular weight is 346 g/mol. The minimum atomic E-state index is -0.444. The van der Waals surface area contributed by atoms with Gasteiger partial charge in [-0.3, -0.25) is 9.59 Å². The molecule has 2 aromatic rings. The molecule has 1 amide bonds. The van der Waals surface area contributed by atoms with E-state index in [-0.39, 0.29) is 13.0 Å². The van der Waals surface area contributed by atoms with Gasteiger partial charge < -0.3 is 10.1 Å². The molecule has 5 heteroatoms. The summed E-state index contributed by atoms with van der Waals surface area (Å²) in [5, 5.41) is 3.15. The number of carbonyl (C=O) groups excluding carboxylic acids is 2. The van der Waals surface area contributed by atoms with Crippen molar-refractivity contribution in [2.45, 2.75) is 27.2 Å². The molecule has 24 heavy (non-hydrogen) atoms. The lowest BCUT2D eigenvalue weighted by Crippen LogP contribution is -2.22. The molecule has 0 bridgehead atoms. The van der Waals surface area contributed by atoms with Crippen molar-refractivity contribution >= 4 is 29.2 Å². The zero-order valence-corrected chi connectivity index (χ0v) is 14.7. The highest BCUT2D eigenvalue weighted by atomic mass is 35.5. The van der Waals surface area contributed by atoms with Crippen LogP contribution in [0.3, 0.4) is 0 Å². The molecule has 0 aliphatic carbocycles. The lowest BCUT2D eigenvalue weighted by molar-refractivity contribution is -0.146. The minimum absolute atomic E-state index is 0.137. The number of halogens is 1. The summed E-state index contributed by atoms with van der Waals surface area (Å²) in [6.07, 6.45) is 0.137. The fraction of sp³-hybridized carbons (Fsp3) is 0.263. The summed E-state index contributed by atoms with van der Waals surface area (Å²) in [4.78, 5) is 23.8. The number of hydrogen-bond acceptors (Lipinski definition) is 3. The van der Waals surface area contributed by atoms with E-state index >= 15 is 0 Å². The molecule has 0 aliphatic heterocycles. The summed E-state index contributed by atoms with van der Waals surface area (Å²) in [7, 11) is 0. The lowest BCUT2D eigenvalue weighted by atomic mass is 10.1. The van der Waals surface area contributed by atoms with Crippen LogP contribution < -0.4 is 5.32 Å². The van der Waals surface area contributed by atoms with Crippen molar-refractivity contribution in [2.24, 2.45) is 0 Å². The number of carbonyl (C=O) groups is 2. The van der Waals surface area contributed by atoms with Gasteiger partial charge in [0, 0.05) is 0 Å². The Kier molecular flexibility index (Phi) is 5.99. The zero-order chi connectivity index (χ0) is 17.7. The quantitative estimate of drug-likeness (QED) is 0.833. The topological polar surface area (TPSA) is 55.4 Å². The van der Waals surface area contributed by atoms with Crippen molar-refractivity contribution in [3.8, 4) is 0 Å². The number of hydrogen-bond donors (Lipinski definition) is 1. The molecular weight excluding hydrogens is 326 g/mol. The van der Waals surface area contributed by atoms with Gasteiger partial charge in [-0.05, 0) is 43.5 Å². The van der Waals surface area contributed by atoms with E-state index in [0.717, 1.165) is 22.3 Å². The second-order valence-corrected chi connectivity index (χ2v) is 6.22. The summed E-state index contributed by atoms with van der Waals surface area (Å²) in [6.45, 7) is 5.42. The third-order valence-electron chi connectivity index (χ3n) is 3.53. The standard InChI is InChI=1S/C19H20ClNO3/c1-12-4-6-15(7-5-12)10-18(23)24-11-17(22)21-19-14(3)8-13(2)9-16(19)20/h4-9H,10-11H2,1-3H3,(H,21,22). The second kappa shape index (κ2) is 7.97. The van der Waals surface area contributed by atoms with Crippen LogP contribution in [0.25, 0.3) is 0 Å². The second-order valence-electron chi connectivity index (χ2n) is 5.81. The van der Waals surface area contributed by atoms with E-state index in [1.54, 1.807) is 6.07 Å². The average Bonchev–Trinajstić information content (AvgIpc) is 2.51. The fourth-order valence-electron chi connectivity index (χ4n) is 2.32. The molecule has 0 atom stereocenters. The number of ether oxygens (including phenoxy) is 1. The Balaban J connectivity index is 1.87. The first kappa shape index (κ1) is 18.0. The van der Waals surface area contributed by atoms with E-state index in [9.17, 15) is 9.59 Å². The van der Waals surface area contributed by atoms with Gasteiger partial charge in [-0.2, -0.15) is 0 Å². The van der Waals surface area contributed by atoms with Gasteiger partial charge in [0.2, 0.25) is 0 Å². The molecule has 126 valence electrons. The smallest absolute Gasteiger partial charge is 0.310 e. The Morgan fingerprint density at radius 1 is 1.04 bits per heavy atom. The largest absolute Gasteiger partial charge is 0.455 e. The van der Waals surface area contributed by atoms with Crippen molar-refractivity contribution in [3.63, 3.8) is 0 Å². The van der Waals surface area contributed by atoms with E-state index in [1.165, 1.54) is 0 Å². The minimum Gasteiger partial charge on any atom is -0.455 e. The summed E-state index contributed by atoms with van der Waals surface area (Å²) in [6, 6.07) is 11.3. The highest BCUT2D eigenvalue weighted by molar-refractivity contribution is 6.34. The third kappa shape index (κ3) is 5.10. The summed E-state index contributed by atoms with van der Waals surface area (Å²) >= 11 is 6.14. The number of esters is 1. The molecule has 2 aromatic carbocycles. The molecule has 0 heterocycles. The predicted octanol–water partition coefficient (Wildman–Crippen LogP) is 3.99. The van der Waals surface area contributed by atoms with E-state index in [0.29, 0.717) is 10.7 Å². The van der Waals surface area contributed by atoms with Crippen LogP contribution >= 0.6 is 11.6 Å². The number of aryl methyl sites for hydroxylation is 3. The number of nitrogens with one attached hydrogen (secondary N) is 1. The molecule has 1 N–H and O–H groups in total. The van der Waals surface area contributed by atoms with Gasteiger partial charge >= 0.3 is 5.97 Å². The van der Waals surface area contributed by atoms with Crippen LogP contribution in [0.2, 0.25) is 5.02 Å². The van der Waals surface area contributed by atoms with E-state index < -0.39 is 11.9 Å². The first-order valence-corrected chi connectivity index (χ1v) is 8.00. The van der Waals surface area contributed by atoms with Crippen LogP contribution in [0.5, 0.6) is 0 Å². The molecule has 0 spiro atoms. The summed E-state index contributed by atoms with van der Waals surface area (Å²) in [5.41, 5.74) is 4.39.